The molecule has 0 spiro atoms. The molecule has 0 saturated carbocycles. The SMILES string of the molecule is CC(C)c1cnc(CNc2nnc(-c3ccncc3)o2)s1. The minimum absolute atomic E-state index is 0.392. The lowest BCUT2D eigenvalue weighted by molar-refractivity contribution is 0.580. The molecule has 0 aliphatic heterocycles. The van der Waals surface area contributed by atoms with Gasteiger partial charge >= 0.3 is 6.01 Å². The number of nitrogens with one attached hydrogen (secondary N) is 1. The van der Waals surface area contributed by atoms with Crippen molar-refractivity contribution in [3.8, 4) is 11.5 Å². The maximum Gasteiger partial charge on any atom is 0.316 e. The maximum atomic E-state index is 5.56. The fourth-order valence-corrected chi connectivity index (χ4v) is 2.59. The van der Waals surface area contributed by atoms with Crippen LogP contribution in [-0.2, 0) is 6.54 Å². The molecule has 0 amide bonds. The quantitative estimate of drug-likeness (QED) is 0.779. The van der Waals surface area contributed by atoms with Gasteiger partial charge in [-0.3, -0.25) is 4.98 Å². The molecule has 3 heterocycles. The van der Waals surface area contributed by atoms with Crippen LogP contribution in [0.15, 0.2) is 35.1 Å². The Morgan fingerprint density at radius 1 is 1.24 bits per heavy atom. The van der Waals surface area contributed by atoms with Gasteiger partial charge in [-0.1, -0.05) is 18.9 Å². The molecule has 0 atom stereocenters. The summed E-state index contributed by atoms with van der Waals surface area (Å²) in [7, 11) is 0. The molecule has 0 aliphatic carbocycles. The predicted octanol–water partition coefficient (Wildman–Crippen LogP) is 3.32. The summed E-state index contributed by atoms with van der Waals surface area (Å²) >= 11 is 1.69. The molecule has 108 valence electrons. The molecule has 6 nitrogen and oxygen atoms in total. The lowest BCUT2D eigenvalue weighted by atomic mass is 10.2. The lowest BCUT2D eigenvalue weighted by Gasteiger charge is -1.98. The Hall–Kier alpha value is -2.28. The van der Waals surface area contributed by atoms with E-state index in [1.807, 2.05) is 18.3 Å². The second-order valence-electron chi connectivity index (χ2n) is 4.81. The van der Waals surface area contributed by atoms with E-state index >= 15 is 0 Å². The number of nitrogens with zero attached hydrogens (tertiary/aromatic N) is 4. The molecule has 0 bridgehead atoms. The largest absolute Gasteiger partial charge is 0.403 e. The molecule has 0 saturated heterocycles. The van der Waals surface area contributed by atoms with Crippen LogP contribution in [0.3, 0.4) is 0 Å². The summed E-state index contributed by atoms with van der Waals surface area (Å²) < 4.78 is 5.56. The topological polar surface area (TPSA) is 76.7 Å². The molecule has 0 radical (unpaired) electrons. The Kier molecular flexibility index (Phi) is 3.92. The third kappa shape index (κ3) is 3.25. The van der Waals surface area contributed by atoms with Crippen LogP contribution in [0, 0.1) is 0 Å². The first-order chi connectivity index (χ1) is 10.2. The molecular formula is C14H15N5OS. The third-order valence-electron chi connectivity index (χ3n) is 2.88. The van der Waals surface area contributed by atoms with Gasteiger partial charge in [-0.2, -0.15) is 0 Å². The third-order valence-corrected chi connectivity index (χ3v) is 4.18. The summed E-state index contributed by atoms with van der Waals surface area (Å²) in [6, 6.07) is 4.04. The Bertz CT molecular complexity index is 707. The van der Waals surface area contributed by atoms with Crippen molar-refractivity contribution in [3.05, 3.63) is 40.6 Å². The molecule has 7 heteroatoms. The normalized spacial score (nSPS) is 11.0. The van der Waals surface area contributed by atoms with E-state index in [0.717, 1.165) is 10.6 Å². The second-order valence-corrected chi connectivity index (χ2v) is 5.96. The van der Waals surface area contributed by atoms with Gasteiger partial charge in [0.2, 0.25) is 5.89 Å². The summed E-state index contributed by atoms with van der Waals surface area (Å²) in [5.74, 6) is 0.972. The lowest BCUT2D eigenvalue weighted by Crippen LogP contribution is -1.98. The van der Waals surface area contributed by atoms with Crippen molar-refractivity contribution in [3.63, 3.8) is 0 Å². The highest BCUT2D eigenvalue weighted by molar-refractivity contribution is 7.11. The zero-order valence-corrected chi connectivity index (χ0v) is 12.6. The number of hydrogen-bond acceptors (Lipinski definition) is 7. The van der Waals surface area contributed by atoms with Gasteiger partial charge in [0.1, 0.15) is 5.01 Å². The minimum Gasteiger partial charge on any atom is -0.403 e. The summed E-state index contributed by atoms with van der Waals surface area (Å²) in [5, 5.41) is 12.1. The van der Waals surface area contributed by atoms with Crippen LogP contribution in [0.2, 0.25) is 0 Å². The summed E-state index contributed by atoms with van der Waals surface area (Å²) in [6.45, 7) is 4.89. The van der Waals surface area contributed by atoms with E-state index < -0.39 is 0 Å². The van der Waals surface area contributed by atoms with Gasteiger partial charge in [-0.05, 0) is 18.1 Å². The van der Waals surface area contributed by atoms with Gasteiger partial charge in [-0.25, -0.2) is 4.98 Å². The smallest absolute Gasteiger partial charge is 0.316 e. The Morgan fingerprint density at radius 2 is 2.05 bits per heavy atom. The highest BCUT2D eigenvalue weighted by Crippen LogP contribution is 2.23. The number of thiazole rings is 1. The average Bonchev–Trinajstić information content (AvgIpc) is 3.15. The van der Waals surface area contributed by atoms with Crippen LogP contribution in [0.25, 0.3) is 11.5 Å². The number of pyridine rings is 1. The van der Waals surface area contributed by atoms with Crippen LogP contribution >= 0.6 is 11.3 Å². The first-order valence-corrected chi connectivity index (χ1v) is 7.46. The van der Waals surface area contributed by atoms with E-state index in [0.29, 0.717) is 24.4 Å². The first kappa shape index (κ1) is 13.7. The van der Waals surface area contributed by atoms with E-state index in [2.05, 4.69) is 39.3 Å². The van der Waals surface area contributed by atoms with E-state index in [4.69, 9.17) is 4.42 Å². The van der Waals surface area contributed by atoms with Crippen molar-refractivity contribution in [2.45, 2.75) is 26.3 Å². The Balaban J connectivity index is 1.65. The average molecular weight is 301 g/mol. The molecule has 0 aliphatic rings. The number of aromatic nitrogens is 4. The van der Waals surface area contributed by atoms with Gasteiger partial charge in [0, 0.05) is 29.0 Å². The van der Waals surface area contributed by atoms with Crippen molar-refractivity contribution in [2.24, 2.45) is 0 Å². The maximum absolute atomic E-state index is 5.56. The minimum atomic E-state index is 0.392. The van der Waals surface area contributed by atoms with E-state index in [1.165, 1.54) is 4.88 Å². The van der Waals surface area contributed by atoms with Crippen LogP contribution in [0.1, 0.15) is 29.7 Å². The summed E-state index contributed by atoms with van der Waals surface area (Å²) in [4.78, 5) is 9.61. The van der Waals surface area contributed by atoms with E-state index in [9.17, 15) is 0 Å². The molecule has 3 aromatic rings. The molecule has 1 N–H and O–H groups in total. The second kappa shape index (κ2) is 6.01. The molecule has 0 aromatic carbocycles. The predicted molar refractivity (Wildman–Crippen MR) is 81.1 cm³/mol. The van der Waals surface area contributed by atoms with E-state index in [1.54, 1.807) is 23.7 Å². The standard InChI is InChI=1S/C14H15N5OS/c1-9(2)11-7-16-12(21-11)8-17-14-19-18-13(20-14)10-3-5-15-6-4-10/h3-7,9H,8H2,1-2H3,(H,17,19). The van der Waals surface area contributed by atoms with Gasteiger partial charge in [0.15, 0.2) is 0 Å². The van der Waals surface area contributed by atoms with Crippen LogP contribution in [0.4, 0.5) is 6.01 Å². The van der Waals surface area contributed by atoms with Crippen molar-refractivity contribution >= 4 is 17.4 Å². The molecule has 0 fully saturated rings. The molecule has 3 aromatic heterocycles. The highest BCUT2D eigenvalue weighted by Gasteiger charge is 2.09. The first-order valence-electron chi connectivity index (χ1n) is 6.65. The molecule has 3 rings (SSSR count). The summed E-state index contributed by atoms with van der Waals surface area (Å²) in [5.41, 5.74) is 0.849. The molecule has 21 heavy (non-hydrogen) atoms. The summed E-state index contributed by atoms with van der Waals surface area (Å²) in [6.07, 6.45) is 5.30. The molecule has 0 unspecified atom stereocenters. The fraction of sp³-hybridized carbons (Fsp3) is 0.286. The number of hydrogen-bond donors (Lipinski definition) is 1. The van der Waals surface area contributed by atoms with Crippen molar-refractivity contribution in [2.75, 3.05) is 5.32 Å². The monoisotopic (exact) mass is 301 g/mol. The van der Waals surface area contributed by atoms with Crippen LogP contribution in [-0.4, -0.2) is 20.2 Å². The number of rotatable bonds is 5. The van der Waals surface area contributed by atoms with Crippen LogP contribution in [0.5, 0.6) is 0 Å². The van der Waals surface area contributed by atoms with Crippen molar-refractivity contribution in [1.29, 1.82) is 0 Å². The highest BCUT2D eigenvalue weighted by atomic mass is 32.1. The van der Waals surface area contributed by atoms with Gasteiger partial charge in [0.25, 0.3) is 0 Å². The van der Waals surface area contributed by atoms with Gasteiger partial charge < -0.3 is 9.73 Å². The van der Waals surface area contributed by atoms with Crippen molar-refractivity contribution < 1.29 is 4.42 Å². The Labute approximate surface area is 126 Å². The fourth-order valence-electron chi connectivity index (χ4n) is 1.73. The zero-order valence-electron chi connectivity index (χ0n) is 11.8. The Morgan fingerprint density at radius 3 is 2.76 bits per heavy atom. The molecular weight excluding hydrogens is 286 g/mol. The van der Waals surface area contributed by atoms with E-state index in [-0.39, 0.29) is 0 Å². The van der Waals surface area contributed by atoms with Crippen molar-refractivity contribution in [1.82, 2.24) is 20.2 Å². The van der Waals surface area contributed by atoms with Crippen LogP contribution < -0.4 is 5.32 Å². The van der Waals surface area contributed by atoms with Gasteiger partial charge in [0.05, 0.1) is 6.54 Å². The zero-order chi connectivity index (χ0) is 14.7. The number of anilines is 1. The van der Waals surface area contributed by atoms with Gasteiger partial charge in [-0.15, -0.1) is 16.4 Å².